The Morgan fingerprint density at radius 3 is 2.78 bits per heavy atom. The Morgan fingerprint density at radius 2 is 1.96 bits per heavy atom. The predicted octanol–water partition coefficient (Wildman–Crippen LogP) is 3.33. The number of piperidine rings is 1. The van der Waals surface area contributed by atoms with Gasteiger partial charge in [-0.05, 0) is 44.2 Å². The molecule has 2 heterocycles. The fourth-order valence-electron chi connectivity index (χ4n) is 5.83. The van der Waals surface area contributed by atoms with E-state index in [9.17, 15) is 4.79 Å². The molecule has 5 rings (SSSR count). The molecule has 2 aromatic rings. The van der Waals surface area contributed by atoms with Gasteiger partial charge in [0.2, 0.25) is 0 Å². The van der Waals surface area contributed by atoms with Gasteiger partial charge in [-0.2, -0.15) is 0 Å². The second kappa shape index (κ2) is 4.07. The first-order valence-corrected chi connectivity index (χ1v) is 8.80. The van der Waals surface area contributed by atoms with Crippen LogP contribution in [0.5, 0.6) is 0 Å². The van der Waals surface area contributed by atoms with Gasteiger partial charge < -0.3 is 10.3 Å². The van der Waals surface area contributed by atoms with Crippen LogP contribution in [0.25, 0.3) is 10.9 Å². The largest absolute Gasteiger partial charge is 0.358 e. The Hall–Kier alpha value is -1.61. The third kappa shape index (κ3) is 1.61. The van der Waals surface area contributed by atoms with Crippen LogP contribution in [-0.2, 0) is 16.6 Å². The van der Waals surface area contributed by atoms with Crippen molar-refractivity contribution < 1.29 is 4.79 Å². The van der Waals surface area contributed by atoms with E-state index in [-0.39, 0.29) is 16.9 Å². The Bertz CT molecular complexity index is 833. The zero-order valence-electron chi connectivity index (χ0n) is 14.1. The van der Waals surface area contributed by atoms with Crippen LogP contribution in [0, 0.1) is 11.8 Å². The summed E-state index contributed by atoms with van der Waals surface area (Å²) in [6.07, 6.45) is 2.79. The molecule has 2 N–H and O–H groups in total. The van der Waals surface area contributed by atoms with E-state index >= 15 is 0 Å². The van der Waals surface area contributed by atoms with Crippen molar-refractivity contribution in [3.8, 4) is 0 Å². The van der Waals surface area contributed by atoms with E-state index in [1.807, 2.05) is 0 Å². The highest BCUT2D eigenvalue weighted by Gasteiger charge is 2.58. The number of carbonyl (C=O) groups is 1. The minimum atomic E-state index is -0.0802. The van der Waals surface area contributed by atoms with Crippen LogP contribution in [0.1, 0.15) is 44.9 Å². The Morgan fingerprint density at radius 1 is 1.17 bits per heavy atom. The number of hydrogen-bond donors (Lipinski definition) is 2. The highest BCUT2D eigenvalue weighted by Crippen LogP contribution is 2.55. The number of Topliss-reactive ketones (excluding diaryl/α,β-unsaturated/α-hetero) is 1. The number of hydrogen-bond acceptors (Lipinski definition) is 2. The Kier molecular flexibility index (Phi) is 2.44. The van der Waals surface area contributed by atoms with Gasteiger partial charge in [-0.15, -0.1) is 0 Å². The maximum atomic E-state index is 12.9. The summed E-state index contributed by atoms with van der Waals surface area (Å²) in [5.41, 5.74) is 3.85. The first kappa shape index (κ1) is 13.8. The fraction of sp³-hybridized carbons (Fsp3) is 0.550. The number of fused-ring (bicyclic) bond motifs is 5. The van der Waals surface area contributed by atoms with Crippen molar-refractivity contribution in [1.29, 1.82) is 0 Å². The molecule has 2 fully saturated rings. The van der Waals surface area contributed by atoms with Crippen molar-refractivity contribution in [1.82, 2.24) is 10.3 Å². The van der Waals surface area contributed by atoms with Gasteiger partial charge in [0.1, 0.15) is 5.78 Å². The number of aromatic amines is 1. The first-order chi connectivity index (χ1) is 10.9. The van der Waals surface area contributed by atoms with Crippen molar-refractivity contribution in [3.63, 3.8) is 0 Å². The molecule has 2 aliphatic carbocycles. The molecule has 0 radical (unpaired) electrons. The number of carbonyl (C=O) groups excluding carboxylic acids is 1. The summed E-state index contributed by atoms with van der Waals surface area (Å²) in [4.78, 5) is 16.6. The van der Waals surface area contributed by atoms with Crippen molar-refractivity contribution in [2.24, 2.45) is 11.8 Å². The molecule has 4 atom stereocenters. The Balaban J connectivity index is 1.76. The van der Waals surface area contributed by atoms with Crippen LogP contribution in [0.3, 0.4) is 0 Å². The van der Waals surface area contributed by atoms with Crippen molar-refractivity contribution >= 4 is 16.7 Å². The van der Waals surface area contributed by atoms with Crippen LogP contribution < -0.4 is 5.32 Å². The summed E-state index contributed by atoms with van der Waals surface area (Å²) in [6.45, 7) is 6.73. The third-order valence-electron chi connectivity index (χ3n) is 6.96. The second-order valence-electron chi connectivity index (χ2n) is 8.66. The highest BCUT2D eigenvalue weighted by molar-refractivity contribution is 5.89. The minimum Gasteiger partial charge on any atom is -0.358 e. The van der Waals surface area contributed by atoms with E-state index in [2.05, 4.69) is 55.3 Å². The molecule has 0 unspecified atom stereocenters. The first-order valence-electron chi connectivity index (χ1n) is 8.80. The van der Waals surface area contributed by atoms with Crippen LogP contribution in [0.2, 0.25) is 0 Å². The third-order valence-corrected chi connectivity index (χ3v) is 6.96. The zero-order chi connectivity index (χ0) is 16.0. The second-order valence-corrected chi connectivity index (χ2v) is 8.66. The fourth-order valence-corrected chi connectivity index (χ4v) is 5.83. The number of benzene rings is 1. The molecule has 23 heavy (non-hydrogen) atoms. The van der Waals surface area contributed by atoms with Gasteiger partial charge >= 0.3 is 0 Å². The number of nitrogens with one attached hydrogen (secondary N) is 2. The molecule has 1 aromatic carbocycles. The maximum absolute atomic E-state index is 12.9. The molecule has 0 spiro atoms. The summed E-state index contributed by atoms with van der Waals surface area (Å²) < 4.78 is 0. The normalized spacial score (nSPS) is 37.7. The molecule has 1 aliphatic heterocycles. The lowest BCUT2D eigenvalue weighted by Gasteiger charge is -2.58. The molecular weight excluding hydrogens is 284 g/mol. The average Bonchev–Trinajstić information content (AvgIpc) is 2.85. The van der Waals surface area contributed by atoms with E-state index < -0.39 is 0 Å². The van der Waals surface area contributed by atoms with Crippen molar-refractivity contribution in [2.45, 2.75) is 57.0 Å². The highest BCUT2D eigenvalue weighted by atomic mass is 16.1. The molecule has 3 aliphatic rings. The van der Waals surface area contributed by atoms with E-state index in [0.29, 0.717) is 24.2 Å². The predicted molar refractivity (Wildman–Crippen MR) is 91.6 cm³/mol. The van der Waals surface area contributed by atoms with E-state index in [1.54, 1.807) is 0 Å². The minimum absolute atomic E-state index is 0.0473. The lowest BCUT2D eigenvalue weighted by atomic mass is 9.51. The molecule has 1 saturated carbocycles. The monoisotopic (exact) mass is 308 g/mol. The van der Waals surface area contributed by atoms with Gasteiger partial charge in [0.05, 0.1) is 0 Å². The van der Waals surface area contributed by atoms with Crippen molar-refractivity contribution in [2.75, 3.05) is 0 Å². The van der Waals surface area contributed by atoms with Gasteiger partial charge in [-0.25, -0.2) is 0 Å². The van der Waals surface area contributed by atoms with Gasteiger partial charge in [0.25, 0.3) is 0 Å². The number of rotatable bonds is 0. The molecule has 2 bridgehead atoms. The summed E-state index contributed by atoms with van der Waals surface area (Å²) in [7, 11) is 0. The number of para-hydroxylation sites is 1. The van der Waals surface area contributed by atoms with E-state index in [0.717, 1.165) is 12.8 Å². The lowest BCUT2D eigenvalue weighted by molar-refractivity contribution is -0.136. The number of H-pyrrole nitrogens is 1. The van der Waals surface area contributed by atoms with Crippen LogP contribution >= 0.6 is 0 Å². The molecule has 3 heteroatoms. The van der Waals surface area contributed by atoms with Crippen LogP contribution in [0.15, 0.2) is 24.3 Å². The van der Waals surface area contributed by atoms with Gasteiger partial charge in [-0.3, -0.25) is 4.79 Å². The average molecular weight is 308 g/mol. The number of aromatic nitrogens is 1. The number of ketones is 1. The SMILES string of the molecule is CC1(C)N[C@@H]2Cc3c([nH]c4ccccc34)[C@]3(C)CC(=O)[C@H]1C[C@H]23. The summed E-state index contributed by atoms with van der Waals surface area (Å²) in [5, 5.41) is 5.18. The maximum Gasteiger partial charge on any atom is 0.138 e. The molecule has 1 saturated heterocycles. The molecule has 120 valence electrons. The van der Waals surface area contributed by atoms with Gasteiger partial charge in [0.15, 0.2) is 0 Å². The standard InChI is InChI=1S/C20H24N2O/c1-19(2)14-9-13-16(22-19)8-12-11-6-4-5-7-15(11)21-18(12)20(13,3)10-17(14)23/h4-7,13-14,16,21-22H,8-10H2,1-3H3/t13-,14-,16-,20-/m1/s1. The smallest absolute Gasteiger partial charge is 0.138 e. The van der Waals surface area contributed by atoms with Gasteiger partial charge in [-0.1, -0.05) is 25.1 Å². The van der Waals surface area contributed by atoms with Gasteiger partial charge in [0, 0.05) is 45.9 Å². The summed E-state index contributed by atoms with van der Waals surface area (Å²) >= 11 is 0. The summed E-state index contributed by atoms with van der Waals surface area (Å²) in [5.74, 6) is 1.16. The topological polar surface area (TPSA) is 44.9 Å². The van der Waals surface area contributed by atoms with E-state index in [1.165, 1.54) is 22.2 Å². The quantitative estimate of drug-likeness (QED) is 0.784. The Labute approximate surface area is 136 Å². The van der Waals surface area contributed by atoms with E-state index in [4.69, 9.17) is 0 Å². The molecule has 3 nitrogen and oxygen atoms in total. The molecular formula is C20H24N2O. The van der Waals surface area contributed by atoms with Crippen molar-refractivity contribution in [3.05, 3.63) is 35.5 Å². The zero-order valence-corrected chi connectivity index (χ0v) is 14.1. The van der Waals surface area contributed by atoms with Crippen LogP contribution in [-0.4, -0.2) is 22.3 Å². The van der Waals surface area contributed by atoms with Crippen LogP contribution in [0.4, 0.5) is 0 Å². The summed E-state index contributed by atoms with van der Waals surface area (Å²) in [6, 6.07) is 9.06. The molecule has 1 aromatic heterocycles. The lowest BCUT2D eigenvalue weighted by Crippen LogP contribution is -2.69. The molecule has 0 amide bonds.